The fourth-order valence-corrected chi connectivity index (χ4v) is 2.93. The van der Waals surface area contributed by atoms with Gasteiger partial charge >= 0.3 is 0 Å². The molecule has 0 saturated heterocycles. The molecule has 0 spiro atoms. The molecule has 1 aliphatic rings. The summed E-state index contributed by atoms with van der Waals surface area (Å²) in [4.78, 5) is 8.31. The molecule has 1 aromatic carbocycles. The molecule has 1 atom stereocenters. The predicted octanol–water partition coefficient (Wildman–Crippen LogP) is 1.67. The maximum absolute atomic E-state index is 14.5. The Kier molecular flexibility index (Phi) is 4.24. The van der Waals surface area contributed by atoms with E-state index in [1.54, 1.807) is 6.19 Å². The first kappa shape index (κ1) is 17.3. The summed E-state index contributed by atoms with van der Waals surface area (Å²) in [5.74, 6) is -1.01. The van der Waals surface area contributed by atoms with Crippen LogP contribution < -0.4 is 22.1 Å². The number of phenolic OH excluding ortho intramolecular Hbond substituents is 1. The van der Waals surface area contributed by atoms with Crippen LogP contribution in [0.3, 0.4) is 0 Å². The van der Waals surface area contributed by atoms with Gasteiger partial charge in [0.25, 0.3) is 0 Å². The number of nitrogens with two attached hydrogens (primary N) is 2. The van der Waals surface area contributed by atoms with Gasteiger partial charge < -0.3 is 21.9 Å². The summed E-state index contributed by atoms with van der Waals surface area (Å²) in [7, 11) is 0. The first-order valence-electron chi connectivity index (χ1n) is 7.04. The van der Waals surface area contributed by atoms with Gasteiger partial charge in [0.1, 0.15) is 40.9 Å². The van der Waals surface area contributed by atoms with Crippen molar-refractivity contribution in [2.45, 2.75) is 6.04 Å². The van der Waals surface area contributed by atoms with Crippen molar-refractivity contribution in [3.63, 3.8) is 0 Å². The zero-order chi connectivity index (χ0) is 19.0. The molecule has 7 N–H and O–H groups in total. The summed E-state index contributed by atoms with van der Waals surface area (Å²) in [6.07, 6.45) is 1.70. The number of aliphatic imine (C=N–C) groups is 1. The predicted molar refractivity (Wildman–Crippen MR) is 95.2 cm³/mol. The van der Waals surface area contributed by atoms with Gasteiger partial charge in [-0.05, 0) is 22.0 Å². The number of halogens is 2. The minimum Gasteiger partial charge on any atom is -0.507 e. The lowest BCUT2D eigenvalue weighted by Crippen LogP contribution is -2.33. The zero-order valence-electron chi connectivity index (χ0n) is 12.9. The van der Waals surface area contributed by atoms with Crippen molar-refractivity contribution in [3.05, 3.63) is 39.1 Å². The van der Waals surface area contributed by atoms with E-state index in [0.717, 1.165) is 6.07 Å². The number of anilines is 3. The van der Waals surface area contributed by atoms with Gasteiger partial charge in [-0.25, -0.2) is 14.4 Å². The van der Waals surface area contributed by atoms with Crippen LogP contribution in [0.2, 0.25) is 0 Å². The Bertz CT molecular complexity index is 1040. The maximum atomic E-state index is 14.5. The van der Waals surface area contributed by atoms with Crippen molar-refractivity contribution in [1.82, 2.24) is 10.3 Å². The largest absolute Gasteiger partial charge is 0.507 e. The molecule has 1 aliphatic heterocycles. The van der Waals surface area contributed by atoms with E-state index >= 15 is 0 Å². The number of hydrogen-bond donors (Lipinski definition) is 5. The van der Waals surface area contributed by atoms with Crippen molar-refractivity contribution in [1.29, 1.82) is 10.5 Å². The van der Waals surface area contributed by atoms with E-state index in [1.807, 2.05) is 6.07 Å². The molecule has 0 amide bonds. The summed E-state index contributed by atoms with van der Waals surface area (Å²) >= 11 is 3.12. The van der Waals surface area contributed by atoms with E-state index in [-0.39, 0.29) is 50.2 Å². The van der Waals surface area contributed by atoms with Crippen molar-refractivity contribution in [2.24, 2.45) is 4.99 Å². The summed E-state index contributed by atoms with van der Waals surface area (Å²) in [6, 6.07) is 3.08. The SMILES string of the molecule is N#CNC1=NC(c2cc(Br)c(O)cc2F)c2c(nc(N)c(C#N)c2N)N1. The van der Waals surface area contributed by atoms with Crippen LogP contribution in [0.4, 0.5) is 21.7 Å². The Morgan fingerprint density at radius 1 is 1.35 bits per heavy atom. The lowest BCUT2D eigenvalue weighted by Gasteiger charge is -2.26. The van der Waals surface area contributed by atoms with Crippen molar-refractivity contribution >= 4 is 39.2 Å². The first-order valence-corrected chi connectivity index (χ1v) is 7.83. The van der Waals surface area contributed by atoms with Crippen LogP contribution in [0.1, 0.15) is 22.7 Å². The van der Waals surface area contributed by atoms with Gasteiger partial charge in [0.2, 0.25) is 5.96 Å². The fraction of sp³-hybridized carbons (Fsp3) is 0.0667. The first-order chi connectivity index (χ1) is 12.4. The number of aromatic hydroxyl groups is 1. The number of nitrogens with zero attached hydrogens (tertiary/aromatic N) is 4. The maximum Gasteiger partial charge on any atom is 0.211 e. The number of guanidine groups is 1. The Morgan fingerprint density at radius 3 is 2.73 bits per heavy atom. The molecule has 9 nitrogen and oxygen atoms in total. The summed E-state index contributed by atoms with van der Waals surface area (Å²) in [5.41, 5.74) is 12.0. The molecule has 3 rings (SSSR count). The van der Waals surface area contributed by atoms with E-state index in [9.17, 15) is 14.8 Å². The molecular formula is C15H10BrFN8O. The molecule has 130 valence electrons. The number of nitrogens with one attached hydrogen (secondary N) is 2. The standard InChI is InChI=1S/C15H10BrFN8O/c16-7-1-5(8(17)2-9(7)26)12-10-11(20)6(3-18)13(21)24-14(10)25-15(23-12)22-4-19/h1-2,12,26H,(H6,20,21,22,23,24,25). The summed E-state index contributed by atoms with van der Waals surface area (Å²) in [5, 5.41) is 32.8. The Hall–Kier alpha value is -3.57. The van der Waals surface area contributed by atoms with Crippen LogP contribution >= 0.6 is 15.9 Å². The van der Waals surface area contributed by atoms with Gasteiger partial charge in [0, 0.05) is 17.2 Å². The highest BCUT2D eigenvalue weighted by atomic mass is 79.9. The van der Waals surface area contributed by atoms with E-state index < -0.39 is 11.9 Å². The van der Waals surface area contributed by atoms with Crippen LogP contribution in [0.15, 0.2) is 21.6 Å². The van der Waals surface area contributed by atoms with Crippen molar-refractivity contribution < 1.29 is 9.50 Å². The van der Waals surface area contributed by atoms with E-state index in [0.29, 0.717) is 0 Å². The molecule has 1 unspecified atom stereocenters. The molecule has 0 saturated carbocycles. The van der Waals surface area contributed by atoms with Crippen LogP contribution in [0.5, 0.6) is 5.75 Å². The molecule has 2 heterocycles. The second kappa shape index (κ2) is 6.38. The van der Waals surface area contributed by atoms with Gasteiger partial charge in [-0.15, -0.1) is 0 Å². The average molecular weight is 417 g/mol. The fourth-order valence-electron chi connectivity index (χ4n) is 2.57. The van der Waals surface area contributed by atoms with E-state index in [4.69, 9.17) is 16.7 Å². The molecule has 11 heteroatoms. The second-order valence-electron chi connectivity index (χ2n) is 5.23. The number of hydrogen-bond acceptors (Lipinski definition) is 9. The Labute approximate surface area is 154 Å². The van der Waals surface area contributed by atoms with Crippen LogP contribution in [0.25, 0.3) is 0 Å². The number of aromatic nitrogens is 1. The van der Waals surface area contributed by atoms with Crippen LogP contribution in [-0.4, -0.2) is 16.1 Å². The highest BCUT2D eigenvalue weighted by Crippen LogP contribution is 2.42. The zero-order valence-corrected chi connectivity index (χ0v) is 14.5. The van der Waals surface area contributed by atoms with E-state index in [1.165, 1.54) is 6.07 Å². The van der Waals surface area contributed by atoms with E-state index in [2.05, 4.69) is 36.5 Å². The van der Waals surface area contributed by atoms with Gasteiger partial charge in [-0.1, -0.05) is 0 Å². The van der Waals surface area contributed by atoms with Crippen molar-refractivity contribution in [3.8, 4) is 18.0 Å². The second-order valence-corrected chi connectivity index (χ2v) is 6.08. The highest BCUT2D eigenvalue weighted by molar-refractivity contribution is 9.10. The lowest BCUT2D eigenvalue weighted by molar-refractivity contribution is 0.463. The van der Waals surface area contributed by atoms with Gasteiger partial charge in [0.05, 0.1) is 10.2 Å². The molecule has 1 aromatic heterocycles. The smallest absolute Gasteiger partial charge is 0.211 e. The number of phenols is 1. The Balaban J connectivity index is 2.30. The van der Waals surface area contributed by atoms with Gasteiger partial charge in [0.15, 0.2) is 6.19 Å². The number of rotatable bonds is 1. The number of pyridine rings is 1. The third-order valence-corrected chi connectivity index (χ3v) is 4.35. The number of benzene rings is 1. The quantitative estimate of drug-likeness (QED) is 0.345. The topological polar surface area (TPSA) is 169 Å². The molecule has 0 fully saturated rings. The number of nitrogen functional groups attached to an aromatic ring is 2. The Morgan fingerprint density at radius 2 is 2.08 bits per heavy atom. The molecule has 26 heavy (non-hydrogen) atoms. The molecule has 0 bridgehead atoms. The van der Waals surface area contributed by atoms with Crippen LogP contribution in [0, 0.1) is 28.6 Å². The summed E-state index contributed by atoms with van der Waals surface area (Å²) < 4.78 is 14.7. The average Bonchev–Trinajstić information content (AvgIpc) is 2.58. The van der Waals surface area contributed by atoms with Crippen molar-refractivity contribution in [2.75, 3.05) is 16.8 Å². The third-order valence-electron chi connectivity index (χ3n) is 3.72. The summed E-state index contributed by atoms with van der Waals surface area (Å²) in [6.45, 7) is 0. The lowest BCUT2D eigenvalue weighted by atomic mass is 9.94. The molecule has 0 aliphatic carbocycles. The molecular weight excluding hydrogens is 407 g/mol. The monoisotopic (exact) mass is 416 g/mol. The molecule has 2 aromatic rings. The van der Waals surface area contributed by atoms with Gasteiger partial charge in [-0.2, -0.15) is 10.5 Å². The third kappa shape index (κ3) is 2.70. The number of nitriles is 2. The number of fused-ring (bicyclic) bond motifs is 1. The normalized spacial score (nSPS) is 15.1. The molecule has 0 radical (unpaired) electrons. The minimum atomic E-state index is -1.03. The van der Waals surface area contributed by atoms with Crippen LogP contribution in [-0.2, 0) is 0 Å². The minimum absolute atomic E-state index is 0.00384. The highest BCUT2D eigenvalue weighted by Gasteiger charge is 2.31. The van der Waals surface area contributed by atoms with Gasteiger partial charge in [-0.3, -0.25) is 5.32 Å².